The van der Waals surface area contributed by atoms with E-state index >= 15 is 0 Å². The van der Waals surface area contributed by atoms with E-state index in [9.17, 15) is 4.79 Å². The Morgan fingerprint density at radius 3 is 2.40 bits per heavy atom. The third-order valence-corrected chi connectivity index (χ3v) is 3.14. The van der Waals surface area contributed by atoms with Crippen LogP contribution in [0.2, 0.25) is 0 Å². The van der Waals surface area contributed by atoms with Gasteiger partial charge in [-0.3, -0.25) is 4.79 Å². The summed E-state index contributed by atoms with van der Waals surface area (Å²) < 4.78 is 0. The smallest absolute Gasteiger partial charge is 0.255 e. The Kier molecular flexibility index (Phi) is 3.72. The van der Waals surface area contributed by atoms with Gasteiger partial charge in [0.25, 0.3) is 5.91 Å². The predicted octanol–water partition coefficient (Wildman–Crippen LogP) is 3.01. The predicted molar refractivity (Wildman–Crippen MR) is 79.4 cm³/mol. The lowest BCUT2D eigenvalue weighted by atomic mass is 10.1. The van der Waals surface area contributed by atoms with E-state index in [1.165, 1.54) is 0 Å². The fourth-order valence-electron chi connectivity index (χ4n) is 1.89. The van der Waals surface area contributed by atoms with Gasteiger partial charge in [0.1, 0.15) is 0 Å². The minimum absolute atomic E-state index is 0.221. The second-order valence-electron chi connectivity index (χ2n) is 4.67. The van der Waals surface area contributed by atoms with Crippen molar-refractivity contribution in [2.75, 3.05) is 11.1 Å². The summed E-state index contributed by atoms with van der Waals surface area (Å²) in [4.78, 5) is 12.1. The third-order valence-electron chi connectivity index (χ3n) is 3.14. The lowest BCUT2D eigenvalue weighted by Gasteiger charge is -2.11. The highest BCUT2D eigenvalue weighted by Crippen LogP contribution is 2.22. The molecule has 20 heavy (non-hydrogen) atoms. The zero-order valence-electron chi connectivity index (χ0n) is 11.4. The van der Waals surface area contributed by atoms with Crippen LogP contribution in [0.15, 0.2) is 36.4 Å². The molecule has 0 aromatic heterocycles. The monoisotopic (exact) mass is 265 g/mol. The van der Waals surface area contributed by atoms with Crippen LogP contribution in [-0.4, -0.2) is 5.91 Å². The first-order valence-electron chi connectivity index (χ1n) is 6.19. The van der Waals surface area contributed by atoms with Crippen LogP contribution in [0.5, 0.6) is 0 Å². The average molecular weight is 265 g/mol. The number of benzene rings is 2. The molecule has 1 amide bonds. The van der Waals surface area contributed by atoms with Crippen molar-refractivity contribution in [3.63, 3.8) is 0 Å². The summed E-state index contributed by atoms with van der Waals surface area (Å²) in [5, 5.41) is 11.6. The number of anilines is 2. The summed E-state index contributed by atoms with van der Waals surface area (Å²) >= 11 is 0. The van der Waals surface area contributed by atoms with E-state index in [-0.39, 0.29) is 5.91 Å². The van der Waals surface area contributed by atoms with Crippen LogP contribution in [0, 0.1) is 25.2 Å². The maximum absolute atomic E-state index is 12.1. The van der Waals surface area contributed by atoms with Gasteiger partial charge in [0.2, 0.25) is 0 Å². The summed E-state index contributed by atoms with van der Waals surface area (Å²) in [5.41, 5.74) is 10.2. The number of hydrogen-bond donors (Lipinski definition) is 2. The zero-order chi connectivity index (χ0) is 14.7. The van der Waals surface area contributed by atoms with Crippen molar-refractivity contribution < 1.29 is 4.79 Å². The molecule has 0 spiro atoms. The summed E-state index contributed by atoms with van der Waals surface area (Å²) in [6.07, 6.45) is 0. The van der Waals surface area contributed by atoms with Crippen molar-refractivity contribution in [2.45, 2.75) is 13.8 Å². The van der Waals surface area contributed by atoms with Crippen molar-refractivity contribution in [3.8, 4) is 6.07 Å². The first-order valence-corrected chi connectivity index (χ1v) is 6.19. The summed E-state index contributed by atoms with van der Waals surface area (Å²) in [6, 6.07) is 12.2. The Morgan fingerprint density at radius 2 is 1.80 bits per heavy atom. The highest BCUT2D eigenvalue weighted by atomic mass is 16.1. The largest absolute Gasteiger partial charge is 0.398 e. The fraction of sp³-hybridized carbons (Fsp3) is 0.125. The highest BCUT2D eigenvalue weighted by Gasteiger charge is 2.09. The van der Waals surface area contributed by atoms with Crippen molar-refractivity contribution in [2.24, 2.45) is 0 Å². The lowest BCUT2D eigenvalue weighted by Crippen LogP contribution is -2.13. The zero-order valence-corrected chi connectivity index (χ0v) is 11.4. The van der Waals surface area contributed by atoms with Gasteiger partial charge in [-0.2, -0.15) is 5.26 Å². The van der Waals surface area contributed by atoms with Crippen LogP contribution in [-0.2, 0) is 0 Å². The molecule has 0 heterocycles. The molecule has 4 heteroatoms. The maximum Gasteiger partial charge on any atom is 0.255 e. The number of nitrogen functional groups attached to an aromatic ring is 1. The summed E-state index contributed by atoms with van der Waals surface area (Å²) in [6.45, 7) is 3.84. The number of carbonyl (C=O) groups excluding carboxylic acids is 1. The minimum atomic E-state index is -0.221. The minimum Gasteiger partial charge on any atom is -0.398 e. The molecule has 0 saturated carbocycles. The molecule has 0 fully saturated rings. The van der Waals surface area contributed by atoms with Crippen LogP contribution in [0.4, 0.5) is 11.4 Å². The molecule has 2 aromatic rings. The molecular weight excluding hydrogens is 250 g/mol. The van der Waals surface area contributed by atoms with Crippen molar-refractivity contribution in [3.05, 3.63) is 58.7 Å². The molecule has 0 atom stereocenters. The van der Waals surface area contributed by atoms with E-state index in [0.29, 0.717) is 22.5 Å². The molecule has 3 N–H and O–H groups in total. The normalized spacial score (nSPS) is 9.85. The second-order valence-corrected chi connectivity index (χ2v) is 4.67. The SMILES string of the molecule is Cc1cc(C)c(NC(=O)c2ccc(C#N)cc2)cc1N. The van der Waals surface area contributed by atoms with Gasteiger partial charge in [-0.1, -0.05) is 6.07 Å². The molecule has 2 aromatic carbocycles. The molecule has 4 nitrogen and oxygen atoms in total. The van der Waals surface area contributed by atoms with Crippen LogP contribution in [0.25, 0.3) is 0 Å². The Labute approximate surface area is 117 Å². The summed E-state index contributed by atoms with van der Waals surface area (Å²) in [7, 11) is 0. The second kappa shape index (κ2) is 5.45. The number of carbonyl (C=O) groups is 1. The van der Waals surface area contributed by atoms with Gasteiger partial charge in [0.05, 0.1) is 11.6 Å². The molecular formula is C16H15N3O. The molecule has 0 bridgehead atoms. The van der Waals surface area contributed by atoms with Crippen LogP contribution in [0.1, 0.15) is 27.0 Å². The standard InChI is InChI=1S/C16H15N3O/c1-10-7-11(2)15(8-14(10)18)19-16(20)13-5-3-12(9-17)4-6-13/h3-8H,18H2,1-2H3,(H,19,20). The molecule has 0 radical (unpaired) electrons. The van der Waals surface area contributed by atoms with Crippen LogP contribution < -0.4 is 11.1 Å². The van der Waals surface area contributed by atoms with E-state index in [1.54, 1.807) is 30.3 Å². The average Bonchev–Trinajstić information content (AvgIpc) is 2.44. The third kappa shape index (κ3) is 2.78. The van der Waals surface area contributed by atoms with Gasteiger partial charge in [-0.15, -0.1) is 0 Å². The first-order chi connectivity index (χ1) is 9.51. The quantitative estimate of drug-likeness (QED) is 0.819. The molecule has 0 aliphatic carbocycles. The molecule has 0 unspecified atom stereocenters. The number of nitrogens with two attached hydrogens (primary N) is 1. The van der Waals surface area contributed by atoms with Gasteiger partial charge in [-0.25, -0.2) is 0 Å². The van der Waals surface area contributed by atoms with Crippen LogP contribution >= 0.6 is 0 Å². The first kappa shape index (κ1) is 13.6. The fourth-order valence-corrected chi connectivity index (χ4v) is 1.89. The lowest BCUT2D eigenvalue weighted by molar-refractivity contribution is 0.102. The van der Waals surface area contributed by atoms with E-state index in [4.69, 9.17) is 11.0 Å². The maximum atomic E-state index is 12.1. The topological polar surface area (TPSA) is 78.9 Å². The van der Waals surface area contributed by atoms with Gasteiger partial charge >= 0.3 is 0 Å². The van der Waals surface area contributed by atoms with Gasteiger partial charge in [-0.05, 0) is 55.3 Å². The molecule has 2 rings (SSSR count). The van der Waals surface area contributed by atoms with Gasteiger partial charge < -0.3 is 11.1 Å². The number of hydrogen-bond acceptors (Lipinski definition) is 3. The molecule has 0 aliphatic rings. The Morgan fingerprint density at radius 1 is 1.15 bits per heavy atom. The Bertz CT molecular complexity index is 697. The molecule has 0 aliphatic heterocycles. The number of amides is 1. The Hall–Kier alpha value is -2.80. The molecule has 100 valence electrons. The highest BCUT2D eigenvalue weighted by molar-refractivity contribution is 6.05. The van der Waals surface area contributed by atoms with Crippen LogP contribution in [0.3, 0.4) is 0 Å². The van der Waals surface area contributed by atoms with E-state index in [0.717, 1.165) is 11.1 Å². The van der Waals surface area contributed by atoms with Crippen molar-refractivity contribution in [1.82, 2.24) is 0 Å². The number of aryl methyl sites for hydroxylation is 2. The van der Waals surface area contributed by atoms with E-state index < -0.39 is 0 Å². The Balaban J connectivity index is 2.23. The summed E-state index contributed by atoms with van der Waals surface area (Å²) in [5.74, 6) is -0.221. The van der Waals surface area contributed by atoms with Gasteiger partial charge in [0, 0.05) is 16.9 Å². The van der Waals surface area contributed by atoms with E-state index in [2.05, 4.69) is 5.32 Å². The van der Waals surface area contributed by atoms with Crippen molar-refractivity contribution in [1.29, 1.82) is 5.26 Å². The van der Waals surface area contributed by atoms with E-state index in [1.807, 2.05) is 26.0 Å². The number of nitrogens with one attached hydrogen (secondary N) is 1. The number of nitriles is 1. The molecule has 0 saturated heterocycles. The number of nitrogens with zero attached hydrogens (tertiary/aromatic N) is 1. The van der Waals surface area contributed by atoms with Gasteiger partial charge in [0.15, 0.2) is 0 Å². The van der Waals surface area contributed by atoms with Crippen molar-refractivity contribution >= 4 is 17.3 Å². The number of rotatable bonds is 2.